The fraction of sp³-hybridized carbons (Fsp3) is 0.259. The second-order valence-corrected chi connectivity index (χ2v) is 8.61. The van der Waals surface area contributed by atoms with Crippen molar-refractivity contribution < 1.29 is 9.53 Å². The highest BCUT2D eigenvalue weighted by molar-refractivity contribution is 5.96. The highest BCUT2D eigenvalue weighted by Crippen LogP contribution is 2.34. The van der Waals surface area contributed by atoms with Crippen LogP contribution in [0, 0.1) is 13.8 Å². The van der Waals surface area contributed by atoms with E-state index in [1.165, 1.54) is 11.1 Å². The number of carbonyl (C=O) groups is 1. The summed E-state index contributed by atoms with van der Waals surface area (Å²) in [6.07, 6.45) is 0.461. The van der Waals surface area contributed by atoms with Gasteiger partial charge < -0.3 is 14.2 Å². The van der Waals surface area contributed by atoms with Crippen LogP contribution >= 0.6 is 0 Å². The van der Waals surface area contributed by atoms with Crippen molar-refractivity contribution in [3.8, 4) is 5.75 Å². The molecule has 1 aromatic heterocycles. The van der Waals surface area contributed by atoms with Crippen LogP contribution in [0.1, 0.15) is 34.9 Å². The molecule has 5 rings (SSSR count). The minimum absolute atomic E-state index is 0.0328. The van der Waals surface area contributed by atoms with Crippen LogP contribution in [0.4, 0.5) is 5.69 Å². The number of nitrogens with zero attached hydrogens (tertiary/aromatic N) is 3. The molecule has 0 bridgehead atoms. The summed E-state index contributed by atoms with van der Waals surface area (Å²) in [5, 5.41) is 0. The molecule has 0 saturated carbocycles. The number of ether oxygens (including phenoxy) is 1. The molecule has 4 aromatic rings. The van der Waals surface area contributed by atoms with Gasteiger partial charge in [0.05, 0.1) is 24.7 Å². The van der Waals surface area contributed by atoms with Crippen LogP contribution in [-0.2, 0) is 11.3 Å². The quantitative estimate of drug-likeness (QED) is 0.440. The topological polar surface area (TPSA) is 47.4 Å². The Morgan fingerprint density at radius 3 is 2.50 bits per heavy atom. The molecule has 5 nitrogen and oxygen atoms in total. The average Bonchev–Trinajstić information content (AvgIpc) is 3.34. The number of amides is 1. The van der Waals surface area contributed by atoms with Crippen molar-refractivity contribution in [2.24, 2.45) is 0 Å². The Morgan fingerprint density at radius 1 is 1.00 bits per heavy atom. The molecule has 0 N–H and O–H groups in total. The normalized spacial score (nSPS) is 16.2. The number of carbonyl (C=O) groups excluding carboxylic acids is 1. The third-order valence-electron chi connectivity index (χ3n) is 6.21. The highest BCUT2D eigenvalue weighted by Gasteiger charge is 2.35. The van der Waals surface area contributed by atoms with Crippen LogP contribution in [-0.4, -0.2) is 29.1 Å². The number of anilines is 1. The van der Waals surface area contributed by atoms with E-state index < -0.39 is 0 Å². The molecular weight excluding hydrogens is 398 g/mol. The van der Waals surface area contributed by atoms with Crippen LogP contribution in [0.25, 0.3) is 11.0 Å². The summed E-state index contributed by atoms with van der Waals surface area (Å²) in [6, 6.07) is 22.6. The zero-order chi connectivity index (χ0) is 22.2. The Labute approximate surface area is 188 Å². The van der Waals surface area contributed by atoms with E-state index in [4.69, 9.17) is 9.72 Å². The lowest BCUT2D eigenvalue weighted by Crippen LogP contribution is -2.24. The summed E-state index contributed by atoms with van der Waals surface area (Å²) in [7, 11) is 1.70. The van der Waals surface area contributed by atoms with Gasteiger partial charge in [0.25, 0.3) is 0 Å². The molecule has 1 saturated heterocycles. The monoisotopic (exact) mass is 425 g/mol. The molecule has 0 spiro atoms. The van der Waals surface area contributed by atoms with Gasteiger partial charge in [-0.25, -0.2) is 4.98 Å². The maximum atomic E-state index is 13.0. The number of hydrogen-bond acceptors (Lipinski definition) is 3. The number of fused-ring (bicyclic) bond motifs is 1. The summed E-state index contributed by atoms with van der Waals surface area (Å²) < 4.78 is 7.84. The largest absolute Gasteiger partial charge is 0.496 e. The van der Waals surface area contributed by atoms with Gasteiger partial charge >= 0.3 is 0 Å². The molecule has 32 heavy (non-hydrogen) atoms. The van der Waals surface area contributed by atoms with Crippen molar-refractivity contribution in [2.45, 2.75) is 32.7 Å². The number of benzene rings is 3. The van der Waals surface area contributed by atoms with Gasteiger partial charge in [0.2, 0.25) is 5.91 Å². The average molecular weight is 426 g/mol. The smallest absolute Gasteiger partial charge is 0.227 e. The van der Waals surface area contributed by atoms with Crippen molar-refractivity contribution in [1.82, 2.24) is 9.55 Å². The first-order chi connectivity index (χ1) is 15.5. The van der Waals surface area contributed by atoms with Crippen molar-refractivity contribution in [1.29, 1.82) is 0 Å². The fourth-order valence-electron chi connectivity index (χ4n) is 4.81. The Hall–Kier alpha value is -3.60. The Morgan fingerprint density at radius 2 is 1.72 bits per heavy atom. The third kappa shape index (κ3) is 3.64. The van der Waals surface area contributed by atoms with Crippen LogP contribution in [0.15, 0.2) is 66.7 Å². The predicted octanol–water partition coefficient (Wildman–Crippen LogP) is 5.23. The molecule has 1 aliphatic heterocycles. The summed E-state index contributed by atoms with van der Waals surface area (Å²) in [5.74, 6) is 1.99. The number of aryl methyl sites for hydroxylation is 2. The lowest BCUT2D eigenvalue weighted by molar-refractivity contribution is -0.117. The third-order valence-corrected chi connectivity index (χ3v) is 6.21. The SMILES string of the molecule is COc1ccccc1Cn1c(C2CC(=O)N(c3cc(C)cc(C)c3)C2)nc2ccccc21. The van der Waals surface area contributed by atoms with E-state index in [9.17, 15) is 4.79 Å². The molecule has 2 heterocycles. The van der Waals surface area contributed by atoms with Gasteiger partial charge in [-0.05, 0) is 55.3 Å². The van der Waals surface area contributed by atoms with E-state index in [1.807, 2.05) is 41.3 Å². The van der Waals surface area contributed by atoms with Crippen LogP contribution in [0.2, 0.25) is 0 Å². The minimum atomic E-state index is 0.0328. The summed E-state index contributed by atoms with van der Waals surface area (Å²) in [6.45, 7) is 5.42. The molecule has 0 radical (unpaired) electrons. The number of hydrogen-bond donors (Lipinski definition) is 0. The second-order valence-electron chi connectivity index (χ2n) is 8.61. The molecule has 1 atom stereocenters. The lowest BCUT2D eigenvalue weighted by atomic mass is 10.1. The van der Waals surface area contributed by atoms with Gasteiger partial charge in [-0.15, -0.1) is 0 Å². The van der Waals surface area contributed by atoms with Crippen molar-refractivity contribution in [3.05, 3.63) is 89.2 Å². The highest BCUT2D eigenvalue weighted by atomic mass is 16.5. The van der Waals surface area contributed by atoms with E-state index in [-0.39, 0.29) is 11.8 Å². The molecule has 1 unspecified atom stereocenters. The predicted molar refractivity (Wildman–Crippen MR) is 127 cm³/mol. The maximum Gasteiger partial charge on any atom is 0.227 e. The van der Waals surface area contributed by atoms with Crippen molar-refractivity contribution in [2.75, 3.05) is 18.6 Å². The van der Waals surface area contributed by atoms with Gasteiger partial charge in [-0.3, -0.25) is 4.79 Å². The first-order valence-electron chi connectivity index (χ1n) is 11.0. The molecule has 5 heteroatoms. The van der Waals surface area contributed by atoms with E-state index in [0.717, 1.165) is 33.9 Å². The van der Waals surface area contributed by atoms with Gasteiger partial charge in [0.1, 0.15) is 11.6 Å². The molecule has 162 valence electrons. The molecule has 1 amide bonds. The Bertz CT molecular complexity index is 1290. The number of rotatable bonds is 5. The fourth-order valence-corrected chi connectivity index (χ4v) is 4.81. The molecule has 1 fully saturated rings. The Kier molecular flexibility index (Phi) is 5.17. The van der Waals surface area contributed by atoms with Gasteiger partial charge in [-0.1, -0.05) is 36.4 Å². The molecule has 0 aliphatic carbocycles. The lowest BCUT2D eigenvalue weighted by Gasteiger charge is -2.19. The zero-order valence-corrected chi connectivity index (χ0v) is 18.7. The van der Waals surface area contributed by atoms with Gasteiger partial charge in [-0.2, -0.15) is 0 Å². The first kappa shape index (κ1) is 20.3. The minimum Gasteiger partial charge on any atom is -0.496 e. The van der Waals surface area contributed by atoms with Crippen molar-refractivity contribution >= 4 is 22.6 Å². The molecular formula is C27H27N3O2. The van der Waals surface area contributed by atoms with Crippen LogP contribution < -0.4 is 9.64 Å². The van der Waals surface area contributed by atoms with Crippen molar-refractivity contribution in [3.63, 3.8) is 0 Å². The van der Waals surface area contributed by atoms with E-state index in [0.29, 0.717) is 19.5 Å². The second kappa shape index (κ2) is 8.15. The zero-order valence-electron chi connectivity index (χ0n) is 18.7. The van der Waals surface area contributed by atoms with E-state index in [1.54, 1.807) is 7.11 Å². The van der Waals surface area contributed by atoms with Crippen LogP contribution in [0.3, 0.4) is 0 Å². The number of imidazole rings is 1. The number of para-hydroxylation sites is 3. The van der Waals surface area contributed by atoms with E-state index >= 15 is 0 Å². The summed E-state index contributed by atoms with van der Waals surface area (Å²) >= 11 is 0. The maximum absolute atomic E-state index is 13.0. The molecule has 3 aromatic carbocycles. The van der Waals surface area contributed by atoms with Gasteiger partial charge in [0, 0.05) is 30.1 Å². The van der Waals surface area contributed by atoms with E-state index in [2.05, 4.69) is 48.7 Å². The van der Waals surface area contributed by atoms with Crippen LogP contribution in [0.5, 0.6) is 5.75 Å². The number of aromatic nitrogens is 2. The van der Waals surface area contributed by atoms with Gasteiger partial charge in [0.15, 0.2) is 0 Å². The Balaban J connectivity index is 1.54. The first-order valence-corrected chi connectivity index (χ1v) is 11.0. The molecule has 1 aliphatic rings. The number of methoxy groups -OCH3 is 1. The standard InChI is InChI=1S/C27H27N3O2/c1-18-12-19(2)14-22(13-18)29-17-21(15-26(29)31)27-28-23-9-5-6-10-24(23)30(27)16-20-8-4-7-11-25(20)32-3/h4-14,21H,15-17H2,1-3H3. The summed E-state index contributed by atoms with van der Waals surface area (Å²) in [5.41, 5.74) is 6.43. The summed E-state index contributed by atoms with van der Waals surface area (Å²) in [4.78, 5) is 19.9.